The zero-order valence-corrected chi connectivity index (χ0v) is 18.3. The van der Waals surface area contributed by atoms with Gasteiger partial charge in [-0.15, -0.1) is 24.0 Å². The Kier molecular flexibility index (Phi) is 9.75. The number of amides is 1. The Bertz CT molecular complexity index is 636. The Hall–Kier alpha value is -1.65. The van der Waals surface area contributed by atoms with Crippen LogP contribution in [0.5, 0.6) is 0 Å². The molecule has 27 heavy (non-hydrogen) atoms. The number of halogens is 3. The summed E-state index contributed by atoms with van der Waals surface area (Å²) in [6.07, 6.45) is 1.08. The molecule has 2 rings (SSSR count). The van der Waals surface area contributed by atoms with Crippen LogP contribution in [0.1, 0.15) is 19.8 Å². The Balaban J connectivity index is 0.00000364. The number of para-hydroxylation sites is 1. The first-order chi connectivity index (χ1) is 12.4. The average Bonchev–Trinajstić information content (AvgIpc) is 3.02. The lowest BCUT2D eigenvalue weighted by Gasteiger charge is -2.21. The number of rotatable bonds is 6. The van der Waals surface area contributed by atoms with Gasteiger partial charge in [-0.3, -0.25) is 9.79 Å². The van der Waals surface area contributed by atoms with Crippen molar-refractivity contribution in [3.8, 4) is 0 Å². The van der Waals surface area contributed by atoms with Crippen molar-refractivity contribution >= 4 is 41.5 Å². The van der Waals surface area contributed by atoms with Gasteiger partial charge in [0.25, 0.3) is 0 Å². The van der Waals surface area contributed by atoms with Gasteiger partial charge in [0.1, 0.15) is 17.3 Å². The normalized spacial score (nSPS) is 16.7. The van der Waals surface area contributed by atoms with E-state index in [9.17, 15) is 13.6 Å². The van der Waals surface area contributed by atoms with Crippen LogP contribution in [-0.2, 0) is 4.79 Å². The van der Waals surface area contributed by atoms with Crippen LogP contribution in [0.15, 0.2) is 23.2 Å². The summed E-state index contributed by atoms with van der Waals surface area (Å²) < 4.78 is 27.9. The summed E-state index contributed by atoms with van der Waals surface area (Å²) in [7, 11) is 3.43. The summed E-state index contributed by atoms with van der Waals surface area (Å²) in [6.45, 7) is 4.07. The summed E-state index contributed by atoms with van der Waals surface area (Å²) >= 11 is 0. The molecule has 1 aliphatic heterocycles. The minimum Gasteiger partial charge on any atom is -0.365 e. The molecule has 9 heteroatoms. The van der Waals surface area contributed by atoms with Gasteiger partial charge in [-0.2, -0.15) is 0 Å². The number of hydrogen-bond donors (Lipinski definition) is 2. The van der Waals surface area contributed by atoms with E-state index in [0.717, 1.165) is 6.42 Å². The third-order valence-electron chi connectivity index (χ3n) is 4.22. The van der Waals surface area contributed by atoms with Gasteiger partial charge in [0, 0.05) is 46.2 Å². The van der Waals surface area contributed by atoms with E-state index >= 15 is 0 Å². The van der Waals surface area contributed by atoms with Crippen LogP contribution >= 0.6 is 24.0 Å². The van der Waals surface area contributed by atoms with Gasteiger partial charge in [-0.1, -0.05) is 6.07 Å². The molecule has 1 aromatic carbocycles. The van der Waals surface area contributed by atoms with Crippen molar-refractivity contribution in [2.75, 3.05) is 45.2 Å². The summed E-state index contributed by atoms with van der Waals surface area (Å²) in [5.74, 6) is -0.464. The molecule has 6 nitrogen and oxygen atoms in total. The number of carbonyl (C=O) groups excluding carboxylic acids is 1. The van der Waals surface area contributed by atoms with E-state index in [1.807, 2.05) is 6.92 Å². The topological polar surface area (TPSA) is 60.0 Å². The van der Waals surface area contributed by atoms with Crippen LogP contribution in [0.3, 0.4) is 0 Å². The van der Waals surface area contributed by atoms with Crippen LogP contribution in [-0.4, -0.2) is 63.1 Å². The first-order valence-corrected chi connectivity index (χ1v) is 8.86. The van der Waals surface area contributed by atoms with Crippen molar-refractivity contribution in [3.63, 3.8) is 0 Å². The van der Waals surface area contributed by atoms with Crippen LogP contribution in [0.25, 0.3) is 0 Å². The predicted molar refractivity (Wildman–Crippen MR) is 115 cm³/mol. The number of carbonyl (C=O) groups is 1. The largest absolute Gasteiger partial charge is 0.365 e. The number of benzene rings is 1. The zero-order valence-electron chi connectivity index (χ0n) is 16.0. The van der Waals surface area contributed by atoms with Crippen LogP contribution < -0.4 is 15.5 Å². The van der Waals surface area contributed by atoms with E-state index in [1.54, 1.807) is 19.0 Å². The Morgan fingerprint density at radius 2 is 2.00 bits per heavy atom. The van der Waals surface area contributed by atoms with Gasteiger partial charge in [0.05, 0.1) is 6.54 Å². The Morgan fingerprint density at radius 1 is 1.33 bits per heavy atom. The second-order valence-electron chi connectivity index (χ2n) is 6.45. The van der Waals surface area contributed by atoms with Crippen LogP contribution in [0.4, 0.5) is 14.5 Å². The van der Waals surface area contributed by atoms with Gasteiger partial charge in [-0.25, -0.2) is 8.78 Å². The highest BCUT2D eigenvalue weighted by molar-refractivity contribution is 14.0. The predicted octanol–water partition coefficient (Wildman–Crippen LogP) is 2.19. The molecule has 1 heterocycles. The number of guanidine groups is 1. The molecule has 2 N–H and O–H groups in total. The maximum Gasteiger partial charge on any atom is 0.223 e. The number of hydrogen-bond acceptors (Lipinski definition) is 3. The van der Waals surface area contributed by atoms with Gasteiger partial charge in [-0.05, 0) is 25.5 Å². The van der Waals surface area contributed by atoms with E-state index in [-0.39, 0.29) is 41.6 Å². The van der Waals surface area contributed by atoms with Crippen molar-refractivity contribution < 1.29 is 13.6 Å². The van der Waals surface area contributed by atoms with Crippen molar-refractivity contribution in [1.29, 1.82) is 0 Å². The summed E-state index contributed by atoms with van der Waals surface area (Å²) in [5, 5.41) is 6.42. The zero-order chi connectivity index (χ0) is 19.1. The summed E-state index contributed by atoms with van der Waals surface area (Å²) in [5.41, 5.74) is 0.0234. The van der Waals surface area contributed by atoms with Crippen LogP contribution in [0.2, 0.25) is 0 Å². The molecule has 0 bridgehead atoms. The second kappa shape index (κ2) is 11.3. The smallest absolute Gasteiger partial charge is 0.223 e. The standard InChI is InChI=1S/C18H27F2N5O.HI/c1-4-21-18(22-10-8-16(26)24(2)3)23-13-9-11-25(12-13)17-14(19)6-5-7-15(17)20;/h5-7,13H,4,8-12H2,1-3H3,(H2,21,22,23);1H. The lowest BCUT2D eigenvalue weighted by atomic mass is 10.2. The molecule has 0 aromatic heterocycles. The highest BCUT2D eigenvalue weighted by Gasteiger charge is 2.27. The highest BCUT2D eigenvalue weighted by Crippen LogP contribution is 2.26. The molecule has 1 atom stereocenters. The number of anilines is 1. The highest BCUT2D eigenvalue weighted by atomic mass is 127. The van der Waals surface area contributed by atoms with Crippen molar-refractivity contribution in [3.05, 3.63) is 29.8 Å². The summed E-state index contributed by atoms with van der Waals surface area (Å²) in [4.78, 5) is 19.3. The fraction of sp³-hybridized carbons (Fsp3) is 0.556. The average molecular weight is 495 g/mol. The number of nitrogens with zero attached hydrogens (tertiary/aromatic N) is 3. The molecule has 152 valence electrons. The molecule has 1 saturated heterocycles. The van der Waals surface area contributed by atoms with E-state index in [4.69, 9.17) is 0 Å². The maximum atomic E-state index is 13.9. The molecule has 1 aliphatic rings. The molecule has 0 spiro atoms. The minimum absolute atomic E-state index is 0. The molecular weight excluding hydrogens is 467 g/mol. The van der Waals surface area contributed by atoms with Gasteiger partial charge < -0.3 is 20.4 Å². The molecule has 1 unspecified atom stereocenters. The van der Waals surface area contributed by atoms with Gasteiger partial charge in [0.2, 0.25) is 5.91 Å². The molecule has 1 amide bonds. The van der Waals surface area contributed by atoms with Gasteiger partial charge in [0.15, 0.2) is 5.96 Å². The monoisotopic (exact) mass is 495 g/mol. The fourth-order valence-corrected chi connectivity index (χ4v) is 2.87. The second-order valence-corrected chi connectivity index (χ2v) is 6.45. The first-order valence-electron chi connectivity index (χ1n) is 8.86. The molecular formula is C18H28F2IN5O. The fourth-order valence-electron chi connectivity index (χ4n) is 2.87. The number of aliphatic imine (C=N–C) groups is 1. The lowest BCUT2D eigenvalue weighted by molar-refractivity contribution is -0.128. The third-order valence-corrected chi connectivity index (χ3v) is 4.22. The first kappa shape index (κ1) is 23.4. The van der Waals surface area contributed by atoms with Crippen molar-refractivity contribution in [2.24, 2.45) is 4.99 Å². The van der Waals surface area contributed by atoms with E-state index < -0.39 is 11.6 Å². The van der Waals surface area contributed by atoms with E-state index in [1.165, 1.54) is 23.1 Å². The maximum absolute atomic E-state index is 13.9. The van der Waals surface area contributed by atoms with Crippen LogP contribution in [0, 0.1) is 11.6 Å². The third kappa shape index (κ3) is 6.78. The Morgan fingerprint density at radius 3 is 2.59 bits per heavy atom. The summed E-state index contributed by atoms with van der Waals surface area (Å²) in [6, 6.07) is 3.93. The van der Waals surface area contributed by atoms with E-state index in [2.05, 4.69) is 15.6 Å². The molecule has 0 saturated carbocycles. The van der Waals surface area contributed by atoms with Crippen molar-refractivity contribution in [1.82, 2.24) is 15.5 Å². The molecule has 1 fully saturated rings. The lowest BCUT2D eigenvalue weighted by Crippen LogP contribution is -2.44. The van der Waals surface area contributed by atoms with E-state index in [0.29, 0.717) is 38.6 Å². The number of nitrogens with one attached hydrogen (secondary N) is 2. The SMILES string of the molecule is CCNC(=NCCC(=O)N(C)C)NC1CCN(c2c(F)cccc2F)C1.I. The van der Waals surface area contributed by atoms with Gasteiger partial charge >= 0.3 is 0 Å². The molecule has 0 radical (unpaired) electrons. The molecule has 1 aromatic rings. The Labute approximate surface area is 176 Å². The molecule has 0 aliphatic carbocycles. The quantitative estimate of drug-likeness (QED) is 0.361. The minimum atomic E-state index is -0.548. The van der Waals surface area contributed by atoms with Crippen molar-refractivity contribution in [2.45, 2.75) is 25.8 Å².